The number of carbonyl (C=O) groups excluding carboxylic acids is 2. The molecule has 2 heterocycles. The summed E-state index contributed by atoms with van der Waals surface area (Å²) in [5, 5.41) is 8.61. The van der Waals surface area contributed by atoms with Crippen LogP contribution in [0.15, 0.2) is 120 Å². The molecular formula is C32H22ClN3O5S. The molecule has 208 valence electrons. The van der Waals surface area contributed by atoms with Crippen LogP contribution in [0.1, 0.15) is 32.7 Å². The highest BCUT2D eigenvalue weighted by Crippen LogP contribution is 2.40. The minimum absolute atomic E-state index is 0.0666. The molecule has 1 aliphatic rings. The first kappa shape index (κ1) is 27.2. The van der Waals surface area contributed by atoms with Crippen LogP contribution >= 0.6 is 22.9 Å². The number of carbonyl (C=O) groups is 2. The molecule has 0 atom stereocenters. The molecule has 6 rings (SSSR count). The fourth-order valence-electron chi connectivity index (χ4n) is 4.73. The van der Waals surface area contributed by atoms with E-state index in [0.29, 0.717) is 16.6 Å². The third kappa shape index (κ3) is 5.35. The van der Waals surface area contributed by atoms with Gasteiger partial charge in [0.1, 0.15) is 11.2 Å². The molecule has 10 heteroatoms. The van der Waals surface area contributed by atoms with E-state index < -0.39 is 16.8 Å². The van der Waals surface area contributed by atoms with Crippen LogP contribution in [0.25, 0.3) is 0 Å². The number of thiazole rings is 1. The second kappa shape index (κ2) is 11.9. The number of ether oxygens (including phenoxy) is 2. The van der Waals surface area contributed by atoms with Crippen molar-refractivity contribution in [2.24, 2.45) is 5.16 Å². The van der Waals surface area contributed by atoms with Crippen molar-refractivity contribution in [3.63, 3.8) is 0 Å². The van der Waals surface area contributed by atoms with Gasteiger partial charge in [0.2, 0.25) is 6.79 Å². The van der Waals surface area contributed by atoms with Crippen LogP contribution in [0.3, 0.4) is 0 Å². The lowest BCUT2D eigenvalue weighted by molar-refractivity contribution is -0.106. The highest BCUT2D eigenvalue weighted by atomic mass is 35.5. The van der Waals surface area contributed by atoms with Crippen molar-refractivity contribution in [3.05, 3.63) is 143 Å². The first-order valence-corrected chi connectivity index (χ1v) is 14.1. The number of rotatable bonds is 9. The molecule has 0 spiro atoms. The zero-order chi connectivity index (χ0) is 28.9. The summed E-state index contributed by atoms with van der Waals surface area (Å²) in [6.45, 7) is 0.0666. The van der Waals surface area contributed by atoms with Crippen LogP contribution in [0.5, 0.6) is 11.5 Å². The van der Waals surface area contributed by atoms with Crippen LogP contribution < -0.4 is 14.8 Å². The van der Waals surface area contributed by atoms with E-state index in [9.17, 15) is 9.59 Å². The molecule has 1 N–H and O–H groups in total. The third-order valence-corrected chi connectivity index (χ3v) is 7.61. The van der Waals surface area contributed by atoms with Gasteiger partial charge in [-0.15, -0.1) is 11.3 Å². The molecule has 0 fully saturated rings. The number of oxime groups is 1. The topological polar surface area (TPSA) is 99.1 Å². The molecule has 0 radical (unpaired) electrons. The normalized spacial score (nSPS) is 12.5. The quantitative estimate of drug-likeness (QED) is 0.0673. The lowest BCUT2D eigenvalue weighted by Gasteiger charge is -2.36. The summed E-state index contributed by atoms with van der Waals surface area (Å²) in [4.78, 5) is 34.7. The Morgan fingerprint density at radius 3 is 1.98 bits per heavy atom. The third-order valence-electron chi connectivity index (χ3n) is 6.68. The number of aromatic nitrogens is 1. The van der Waals surface area contributed by atoms with Gasteiger partial charge in [0.05, 0.1) is 5.56 Å². The van der Waals surface area contributed by atoms with E-state index in [0.717, 1.165) is 16.7 Å². The summed E-state index contributed by atoms with van der Waals surface area (Å²) in [5.41, 5.74) is 2.15. The molecule has 0 saturated carbocycles. The SMILES string of the molecule is O=C(Cl)C(=NOC(=O)c1ccc2c(c1)OCO2)c1csc(NC(c2ccccc2)(c2ccccc2)c2ccccc2)n1. The highest BCUT2D eigenvalue weighted by molar-refractivity contribution is 7.14. The molecule has 1 aliphatic heterocycles. The fraction of sp³-hybridized carbons (Fsp3) is 0.0625. The molecule has 1 aromatic heterocycles. The molecule has 42 heavy (non-hydrogen) atoms. The Bertz CT molecular complexity index is 1660. The van der Waals surface area contributed by atoms with Gasteiger partial charge in [-0.2, -0.15) is 0 Å². The Morgan fingerprint density at radius 2 is 1.40 bits per heavy atom. The average Bonchev–Trinajstić information content (AvgIpc) is 3.70. The Balaban J connectivity index is 1.34. The van der Waals surface area contributed by atoms with Crippen molar-refractivity contribution < 1.29 is 23.9 Å². The molecule has 8 nitrogen and oxygen atoms in total. The van der Waals surface area contributed by atoms with Crippen molar-refractivity contribution >= 4 is 45.0 Å². The van der Waals surface area contributed by atoms with Gasteiger partial charge < -0.3 is 19.6 Å². The molecule has 0 bridgehead atoms. The molecule has 5 aromatic rings. The zero-order valence-corrected chi connectivity index (χ0v) is 23.5. The molecule has 0 saturated heterocycles. The van der Waals surface area contributed by atoms with Gasteiger partial charge in [-0.25, -0.2) is 9.78 Å². The maximum absolute atomic E-state index is 12.7. The maximum atomic E-state index is 12.7. The van der Waals surface area contributed by atoms with Gasteiger partial charge in [-0.1, -0.05) is 96.2 Å². The predicted molar refractivity (Wildman–Crippen MR) is 160 cm³/mol. The van der Waals surface area contributed by atoms with E-state index in [1.54, 1.807) is 11.4 Å². The van der Waals surface area contributed by atoms with E-state index in [-0.39, 0.29) is 23.8 Å². The number of anilines is 1. The lowest BCUT2D eigenvalue weighted by atomic mass is 9.77. The summed E-state index contributed by atoms with van der Waals surface area (Å²) < 4.78 is 10.6. The molecule has 0 aliphatic carbocycles. The van der Waals surface area contributed by atoms with Gasteiger partial charge in [0.15, 0.2) is 22.3 Å². The van der Waals surface area contributed by atoms with E-state index in [2.05, 4.69) is 15.5 Å². The van der Waals surface area contributed by atoms with Crippen LogP contribution in [0, 0.1) is 0 Å². The lowest BCUT2D eigenvalue weighted by Crippen LogP contribution is -2.38. The average molecular weight is 596 g/mol. The van der Waals surface area contributed by atoms with Gasteiger partial charge >= 0.3 is 5.97 Å². The molecule has 0 amide bonds. The highest BCUT2D eigenvalue weighted by Gasteiger charge is 2.37. The summed E-state index contributed by atoms with van der Waals surface area (Å²) in [7, 11) is 0. The second-order valence-electron chi connectivity index (χ2n) is 9.17. The van der Waals surface area contributed by atoms with Gasteiger partial charge in [-0.3, -0.25) is 4.79 Å². The van der Waals surface area contributed by atoms with Gasteiger partial charge in [0, 0.05) is 5.38 Å². The maximum Gasteiger partial charge on any atom is 0.365 e. The van der Waals surface area contributed by atoms with E-state index in [1.807, 2.05) is 91.0 Å². The smallest absolute Gasteiger partial charge is 0.365 e. The van der Waals surface area contributed by atoms with Crippen molar-refractivity contribution in [3.8, 4) is 11.5 Å². The monoisotopic (exact) mass is 595 g/mol. The Hall–Kier alpha value is -4.99. The second-order valence-corrected chi connectivity index (χ2v) is 10.4. The van der Waals surface area contributed by atoms with Crippen molar-refractivity contribution in [1.29, 1.82) is 0 Å². The number of hydrogen-bond donors (Lipinski definition) is 1. The largest absolute Gasteiger partial charge is 0.454 e. The summed E-state index contributed by atoms with van der Waals surface area (Å²) in [5.74, 6) is 0.135. The van der Waals surface area contributed by atoms with Crippen LogP contribution in [0.2, 0.25) is 0 Å². The van der Waals surface area contributed by atoms with E-state index in [1.165, 1.54) is 23.5 Å². The Morgan fingerprint density at radius 1 is 0.833 bits per heavy atom. The Labute approximate surface area is 250 Å². The van der Waals surface area contributed by atoms with Crippen LogP contribution in [-0.4, -0.2) is 28.7 Å². The standard InChI is InChI=1S/C32H22ClN3O5S/c33-29(37)28(36-41-30(38)21-16-17-26-27(18-21)40-20-39-26)25-19-42-31(34-25)35-32(22-10-4-1-5-11-22,23-12-6-2-7-13-23)24-14-8-3-9-15-24/h1-19H,20H2,(H,34,35). The van der Waals surface area contributed by atoms with Crippen LogP contribution in [0.4, 0.5) is 5.13 Å². The minimum atomic E-state index is -0.925. The number of fused-ring (bicyclic) bond motifs is 1. The predicted octanol–water partition coefficient (Wildman–Crippen LogP) is 6.60. The molecular weight excluding hydrogens is 574 g/mol. The number of halogens is 1. The van der Waals surface area contributed by atoms with Crippen LogP contribution in [-0.2, 0) is 15.2 Å². The summed E-state index contributed by atoms with van der Waals surface area (Å²) in [6, 6.07) is 34.6. The zero-order valence-electron chi connectivity index (χ0n) is 21.9. The van der Waals surface area contributed by atoms with Crippen molar-refractivity contribution in [2.45, 2.75) is 5.54 Å². The van der Waals surface area contributed by atoms with E-state index >= 15 is 0 Å². The van der Waals surface area contributed by atoms with Gasteiger partial charge in [0.25, 0.3) is 5.24 Å². The van der Waals surface area contributed by atoms with Crippen molar-refractivity contribution in [2.75, 3.05) is 12.1 Å². The first-order valence-electron chi connectivity index (χ1n) is 12.8. The Kier molecular flexibility index (Phi) is 7.68. The number of benzene rings is 4. The van der Waals surface area contributed by atoms with Crippen molar-refractivity contribution in [1.82, 2.24) is 4.98 Å². The summed E-state index contributed by atoms with van der Waals surface area (Å²) >= 11 is 7.13. The first-order chi connectivity index (χ1) is 20.5. The molecule has 4 aromatic carbocycles. The van der Waals surface area contributed by atoms with E-state index in [4.69, 9.17) is 25.9 Å². The number of nitrogens with zero attached hydrogens (tertiary/aromatic N) is 2. The molecule has 0 unspecified atom stereocenters. The van der Waals surface area contributed by atoms with Gasteiger partial charge in [-0.05, 0) is 46.5 Å². The number of hydrogen-bond acceptors (Lipinski definition) is 9. The minimum Gasteiger partial charge on any atom is -0.454 e. The number of nitrogens with one attached hydrogen (secondary N) is 1. The fourth-order valence-corrected chi connectivity index (χ4v) is 5.61. The summed E-state index contributed by atoms with van der Waals surface area (Å²) in [6.07, 6.45) is 0.